The van der Waals surface area contributed by atoms with Crippen molar-refractivity contribution in [2.75, 3.05) is 16.0 Å². The van der Waals surface area contributed by atoms with Gasteiger partial charge in [0.15, 0.2) is 5.82 Å². The molecular formula is C25H14Cl6F3N3O3. The summed E-state index contributed by atoms with van der Waals surface area (Å²) in [6.45, 7) is 1.10. The molecule has 2 atom stereocenters. The highest BCUT2D eigenvalue weighted by Gasteiger charge is 2.67. The molecule has 15 heteroatoms. The van der Waals surface area contributed by atoms with E-state index in [0.29, 0.717) is 5.56 Å². The molecule has 3 aromatic carbocycles. The van der Waals surface area contributed by atoms with E-state index >= 15 is 0 Å². The number of alkyl halides is 2. The van der Waals surface area contributed by atoms with Gasteiger partial charge < -0.3 is 16.0 Å². The average molecular weight is 674 g/mol. The molecule has 1 aliphatic rings. The van der Waals surface area contributed by atoms with Gasteiger partial charge in [0.25, 0.3) is 5.91 Å². The van der Waals surface area contributed by atoms with Gasteiger partial charge in [-0.2, -0.15) is 0 Å². The van der Waals surface area contributed by atoms with Gasteiger partial charge in [-0.15, -0.1) is 23.2 Å². The lowest BCUT2D eigenvalue weighted by Gasteiger charge is -2.13. The summed E-state index contributed by atoms with van der Waals surface area (Å²) in [7, 11) is 0. The van der Waals surface area contributed by atoms with Crippen molar-refractivity contribution in [3.8, 4) is 0 Å². The van der Waals surface area contributed by atoms with E-state index in [1.165, 1.54) is 12.1 Å². The number of amides is 3. The van der Waals surface area contributed by atoms with Crippen LogP contribution in [0.5, 0.6) is 0 Å². The van der Waals surface area contributed by atoms with Crippen LogP contribution < -0.4 is 16.0 Å². The Morgan fingerprint density at radius 2 is 1.45 bits per heavy atom. The SMILES string of the molecule is CC(=O)Nc1ccc(F)c(NC(=O)c2cc(NC(=O)C3[C@H](c4cc(Cl)c(Cl)c(Cl)c4)C3(Cl)Cl)cc(F)c2Cl)c1F. The topological polar surface area (TPSA) is 87.3 Å². The van der Waals surface area contributed by atoms with E-state index in [1.54, 1.807) is 0 Å². The Labute approximate surface area is 255 Å². The summed E-state index contributed by atoms with van der Waals surface area (Å²) >= 11 is 36.7. The number of halogens is 9. The van der Waals surface area contributed by atoms with Crippen molar-refractivity contribution in [3.63, 3.8) is 0 Å². The summed E-state index contributed by atoms with van der Waals surface area (Å²) < 4.78 is 42.1. The summed E-state index contributed by atoms with van der Waals surface area (Å²) in [5, 5.41) is 6.17. The lowest BCUT2D eigenvalue weighted by molar-refractivity contribution is -0.117. The van der Waals surface area contributed by atoms with Crippen LogP contribution in [-0.4, -0.2) is 22.1 Å². The average Bonchev–Trinajstić information content (AvgIpc) is 3.45. The Balaban J connectivity index is 1.58. The second kappa shape index (κ2) is 11.5. The first-order chi connectivity index (χ1) is 18.6. The zero-order chi connectivity index (χ0) is 29.7. The first kappa shape index (κ1) is 30.6. The summed E-state index contributed by atoms with van der Waals surface area (Å²) in [4.78, 5) is 37.2. The Kier molecular flexibility index (Phi) is 8.76. The van der Waals surface area contributed by atoms with Gasteiger partial charge in [-0.25, -0.2) is 13.2 Å². The highest BCUT2D eigenvalue weighted by atomic mass is 35.5. The van der Waals surface area contributed by atoms with Gasteiger partial charge in [-0.05, 0) is 42.0 Å². The Bertz CT molecular complexity index is 1560. The van der Waals surface area contributed by atoms with E-state index in [-0.39, 0.29) is 20.8 Å². The number of carbonyl (C=O) groups is 3. The maximum Gasteiger partial charge on any atom is 0.257 e. The molecule has 0 bridgehead atoms. The number of hydrogen-bond acceptors (Lipinski definition) is 3. The fourth-order valence-corrected chi connectivity index (χ4v) is 5.64. The summed E-state index contributed by atoms with van der Waals surface area (Å²) in [6.07, 6.45) is 0. The third-order valence-corrected chi connectivity index (χ3v) is 8.40. The number of carbonyl (C=O) groups excluding carboxylic acids is 3. The number of benzene rings is 3. The minimum Gasteiger partial charge on any atom is -0.326 e. The van der Waals surface area contributed by atoms with Crippen molar-refractivity contribution < 1.29 is 27.6 Å². The fourth-order valence-electron chi connectivity index (χ4n) is 4.00. The van der Waals surface area contributed by atoms with Crippen molar-refractivity contribution in [1.82, 2.24) is 0 Å². The van der Waals surface area contributed by atoms with Crippen LogP contribution in [0.15, 0.2) is 36.4 Å². The van der Waals surface area contributed by atoms with Crippen LogP contribution in [0.2, 0.25) is 20.1 Å². The number of hydrogen-bond donors (Lipinski definition) is 3. The van der Waals surface area contributed by atoms with E-state index in [2.05, 4.69) is 10.6 Å². The van der Waals surface area contributed by atoms with Crippen LogP contribution >= 0.6 is 69.6 Å². The monoisotopic (exact) mass is 671 g/mol. The first-order valence-electron chi connectivity index (χ1n) is 11.0. The fraction of sp³-hybridized carbons (Fsp3) is 0.160. The Morgan fingerprint density at radius 3 is 2.05 bits per heavy atom. The van der Waals surface area contributed by atoms with Crippen molar-refractivity contribution in [3.05, 3.63) is 85.1 Å². The minimum atomic E-state index is -1.58. The summed E-state index contributed by atoms with van der Waals surface area (Å²) in [5.41, 5.74) is -1.69. The summed E-state index contributed by atoms with van der Waals surface area (Å²) in [6, 6.07) is 6.49. The lowest BCUT2D eigenvalue weighted by atomic mass is 10.1. The van der Waals surface area contributed by atoms with E-state index in [1.807, 2.05) is 5.32 Å². The standard InChI is InChI=1S/C25H14Cl6F3N3O3/c1-8(38)35-16-3-2-14(32)22(21(16)34)37-23(39)11-6-10(7-15(33)19(11)28)36-24(40)18-17(25(18,30)31)9-4-12(26)20(29)13(27)5-9/h2-7,17-18H,1H3,(H,35,38)(H,36,40)(H,37,39)/t17-,18?/m0/s1. The maximum atomic E-state index is 14.7. The van der Waals surface area contributed by atoms with Crippen LogP contribution in [0, 0.1) is 23.4 Å². The maximum absolute atomic E-state index is 14.7. The highest BCUT2D eigenvalue weighted by molar-refractivity contribution is 6.54. The van der Waals surface area contributed by atoms with E-state index < -0.39 is 73.3 Å². The second-order valence-corrected chi connectivity index (χ2v) is 11.7. The molecule has 0 aliphatic heterocycles. The lowest BCUT2D eigenvalue weighted by Crippen LogP contribution is -2.19. The van der Waals surface area contributed by atoms with Gasteiger partial charge in [-0.3, -0.25) is 14.4 Å². The van der Waals surface area contributed by atoms with E-state index in [4.69, 9.17) is 69.6 Å². The van der Waals surface area contributed by atoms with Gasteiger partial charge in [0.1, 0.15) is 21.7 Å². The van der Waals surface area contributed by atoms with Crippen molar-refractivity contribution >= 4 is 104 Å². The van der Waals surface area contributed by atoms with Crippen molar-refractivity contribution in [2.45, 2.75) is 17.2 Å². The largest absolute Gasteiger partial charge is 0.326 e. The van der Waals surface area contributed by atoms with Crippen LogP contribution in [0.25, 0.3) is 0 Å². The molecule has 6 nitrogen and oxygen atoms in total. The third-order valence-electron chi connectivity index (χ3n) is 5.88. The van der Waals surface area contributed by atoms with Crippen LogP contribution in [-0.2, 0) is 9.59 Å². The number of anilines is 3. The van der Waals surface area contributed by atoms with Gasteiger partial charge in [0.2, 0.25) is 11.8 Å². The molecule has 0 spiro atoms. The zero-order valence-corrected chi connectivity index (χ0v) is 24.3. The smallest absolute Gasteiger partial charge is 0.257 e. The van der Waals surface area contributed by atoms with Crippen molar-refractivity contribution in [2.24, 2.45) is 5.92 Å². The Morgan fingerprint density at radius 1 is 0.825 bits per heavy atom. The number of rotatable bonds is 6. The van der Waals surface area contributed by atoms with Gasteiger partial charge in [0.05, 0.1) is 37.3 Å². The molecule has 3 amide bonds. The molecular weight excluding hydrogens is 660 g/mol. The minimum absolute atomic E-state index is 0.104. The van der Waals surface area contributed by atoms with Gasteiger partial charge in [0, 0.05) is 18.5 Å². The van der Waals surface area contributed by atoms with E-state index in [0.717, 1.165) is 31.2 Å². The zero-order valence-electron chi connectivity index (χ0n) is 19.7. The molecule has 210 valence electrons. The molecule has 40 heavy (non-hydrogen) atoms. The molecule has 0 heterocycles. The predicted molar refractivity (Wildman–Crippen MR) is 151 cm³/mol. The van der Waals surface area contributed by atoms with E-state index in [9.17, 15) is 27.6 Å². The number of nitrogens with one attached hydrogen (secondary N) is 3. The van der Waals surface area contributed by atoms with Crippen LogP contribution in [0.1, 0.15) is 28.8 Å². The molecule has 1 aliphatic carbocycles. The molecule has 3 aromatic rings. The van der Waals surface area contributed by atoms with Crippen LogP contribution in [0.3, 0.4) is 0 Å². The molecule has 0 radical (unpaired) electrons. The predicted octanol–water partition coefficient (Wildman–Crippen LogP) is 8.45. The molecule has 1 fully saturated rings. The Hall–Kier alpha value is -2.40. The molecule has 1 unspecified atom stereocenters. The molecule has 4 rings (SSSR count). The molecule has 0 aromatic heterocycles. The molecule has 1 saturated carbocycles. The normalized spacial score (nSPS) is 17.2. The van der Waals surface area contributed by atoms with Gasteiger partial charge in [-0.1, -0.05) is 46.4 Å². The van der Waals surface area contributed by atoms with Gasteiger partial charge >= 0.3 is 0 Å². The first-order valence-corrected chi connectivity index (χ1v) is 13.3. The molecule has 0 saturated heterocycles. The quantitative estimate of drug-likeness (QED) is 0.181. The highest BCUT2D eigenvalue weighted by Crippen LogP contribution is 2.65. The van der Waals surface area contributed by atoms with Crippen molar-refractivity contribution in [1.29, 1.82) is 0 Å². The molecule has 3 N–H and O–H groups in total. The second-order valence-electron chi connectivity index (χ2n) is 8.66. The third kappa shape index (κ3) is 5.95. The summed E-state index contributed by atoms with van der Waals surface area (Å²) in [5.74, 6) is -7.98. The van der Waals surface area contributed by atoms with Crippen LogP contribution in [0.4, 0.5) is 30.2 Å².